The molecule has 3 heterocycles. The molecular weight excluding hydrogens is 447 g/mol. The van der Waals surface area contributed by atoms with E-state index >= 15 is 0 Å². The first-order valence-electron chi connectivity index (χ1n) is 10.7. The van der Waals surface area contributed by atoms with E-state index in [2.05, 4.69) is 19.9 Å². The lowest BCUT2D eigenvalue weighted by Gasteiger charge is -2.20. The number of hydrogen-bond acceptors (Lipinski definition) is 6. The van der Waals surface area contributed by atoms with Crippen molar-refractivity contribution in [3.8, 4) is 11.1 Å². The summed E-state index contributed by atoms with van der Waals surface area (Å²) in [6.07, 6.45) is 4.47. The van der Waals surface area contributed by atoms with Gasteiger partial charge in [0, 0.05) is 49.0 Å². The molecule has 8 nitrogen and oxygen atoms in total. The average molecular weight is 471 g/mol. The summed E-state index contributed by atoms with van der Waals surface area (Å²) in [7, 11) is -2.26. The van der Waals surface area contributed by atoms with E-state index in [0.29, 0.717) is 35.5 Å². The van der Waals surface area contributed by atoms with Crippen molar-refractivity contribution in [2.24, 2.45) is 0 Å². The first-order valence-corrected chi connectivity index (χ1v) is 12.2. The Morgan fingerprint density at radius 3 is 2.82 bits per heavy atom. The predicted octanol–water partition coefficient (Wildman–Crippen LogP) is 3.47. The number of fused-ring (bicyclic) bond motifs is 2. The molecule has 0 radical (unpaired) electrons. The lowest BCUT2D eigenvalue weighted by molar-refractivity contribution is 0.256. The minimum atomic E-state index is -4.21. The molecule has 10 heteroatoms. The van der Waals surface area contributed by atoms with E-state index in [4.69, 9.17) is 4.42 Å². The van der Waals surface area contributed by atoms with Crippen molar-refractivity contribution in [3.63, 3.8) is 0 Å². The normalized spacial score (nSPS) is 15.7. The van der Waals surface area contributed by atoms with Gasteiger partial charge in [0.25, 0.3) is 10.0 Å². The van der Waals surface area contributed by atoms with Crippen LogP contribution in [-0.2, 0) is 35.8 Å². The number of halogens is 1. The summed E-state index contributed by atoms with van der Waals surface area (Å²) >= 11 is 0. The quantitative estimate of drug-likeness (QED) is 0.566. The number of sulfonamides is 1. The van der Waals surface area contributed by atoms with Crippen molar-refractivity contribution in [1.29, 1.82) is 0 Å². The smallest absolute Gasteiger partial charge is 0.333 e. The third-order valence-corrected chi connectivity index (χ3v) is 7.27. The van der Waals surface area contributed by atoms with E-state index in [1.54, 1.807) is 12.1 Å². The fourth-order valence-corrected chi connectivity index (χ4v) is 5.41. The Kier molecular flexibility index (Phi) is 5.41. The van der Waals surface area contributed by atoms with Crippen LogP contribution in [-0.4, -0.2) is 37.9 Å². The van der Waals surface area contributed by atoms with E-state index in [9.17, 15) is 17.6 Å². The molecule has 1 aliphatic carbocycles. The zero-order valence-electron chi connectivity index (χ0n) is 18.0. The molecule has 3 aromatic rings. The maximum Gasteiger partial charge on any atom is 0.333 e. The highest BCUT2D eigenvalue weighted by atomic mass is 32.2. The van der Waals surface area contributed by atoms with Gasteiger partial charge in [-0.25, -0.2) is 14.5 Å². The Bertz CT molecular complexity index is 1350. The second-order valence-electron chi connectivity index (χ2n) is 8.41. The molecule has 172 valence electrons. The summed E-state index contributed by atoms with van der Waals surface area (Å²) in [5, 5.41) is 2.42. The van der Waals surface area contributed by atoms with Gasteiger partial charge in [-0.05, 0) is 49.1 Å². The maximum atomic E-state index is 13.7. The number of benzene rings is 1. The Hall–Kier alpha value is -3.24. The lowest BCUT2D eigenvalue weighted by Crippen LogP contribution is -2.34. The number of hydrogen-bond donors (Lipinski definition) is 2. The molecule has 0 atom stereocenters. The van der Waals surface area contributed by atoms with Crippen LogP contribution in [0.5, 0.6) is 0 Å². The summed E-state index contributed by atoms with van der Waals surface area (Å²) in [5.41, 5.74) is 4.42. The van der Waals surface area contributed by atoms with Crippen LogP contribution in [0.15, 0.2) is 46.0 Å². The van der Waals surface area contributed by atoms with Gasteiger partial charge in [0.1, 0.15) is 5.76 Å². The number of amides is 2. The summed E-state index contributed by atoms with van der Waals surface area (Å²) in [6, 6.07) is 7.24. The molecule has 2 N–H and O–H groups in total. The van der Waals surface area contributed by atoms with Crippen molar-refractivity contribution < 1.29 is 22.0 Å². The number of anilines is 1. The molecular formula is C23H23FN4O4S. The third-order valence-electron chi connectivity index (χ3n) is 6.09. The molecule has 33 heavy (non-hydrogen) atoms. The molecule has 0 saturated carbocycles. The molecule has 0 spiro atoms. The van der Waals surface area contributed by atoms with Crippen molar-refractivity contribution in [1.82, 2.24) is 14.6 Å². The van der Waals surface area contributed by atoms with Crippen molar-refractivity contribution in [2.75, 3.05) is 18.9 Å². The largest absolute Gasteiger partial charge is 0.447 e. The third kappa shape index (κ3) is 4.23. The van der Waals surface area contributed by atoms with Gasteiger partial charge in [0.15, 0.2) is 0 Å². The Morgan fingerprint density at radius 2 is 2.00 bits per heavy atom. The molecule has 0 saturated heterocycles. The van der Waals surface area contributed by atoms with Crippen molar-refractivity contribution in [2.45, 2.75) is 37.3 Å². The van der Waals surface area contributed by atoms with Gasteiger partial charge in [-0.3, -0.25) is 0 Å². The maximum absolute atomic E-state index is 13.7. The van der Waals surface area contributed by atoms with Crippen LogP contribution in [0, 0.1) is 5.95 Å². The molecule has 0 bridgehead atoms. The molecule has 2 amide bonds. The number of aryl methyl sites for hydroxylation is 1. The van der Waals surface area contributed by atoms with E-state index in [-0.39, 0.29) is 5.09 Å². The monoisotopic (exact) mass is 470 g/mol. The van der Waals surface area contributed by atoms with Gasteiger partial charge in [0.2, 0.25) is 11.0 Å². The molecule has 1 aromatic carbocycles. The van der Waals surface area contributed by atoms with Crippen LogP contribution in [0.25, 0.3) is 11.1 Å². The summed E-state index contributed by atoms with van der Waals surface area (Å²) in [5.74, 6) is -0.0184. The number of furan rings is 1. The van der Waals surface area contributed by atoms with E-state index in [1.165, 1.54) is 18.3 Å². The van der Waals surface area contributed by atoms with E-state index in [0.717, 1.165) is 42.5 Å². The van der Waals surface area contributed by atoms with Crippen LogP contribution >= 0.6 is 0 Å². The van der Waals surface area contributed by atoms with Gasteiger partial charge in [0.05, 0.1) is 5.69 Å². The molecule has 2 aromatic heterocycles. The highest BCUT2D eigenvalue weighted by molar-refractivity contribution is 7.89. The van der Waals surface area contributed by atoms with Crippen LogP contribution in [0.3, 0.4) is 0 Å². The topological polar surface area (TPSA) is 105 Å². The molecule has 5 rings (SSSR count). The van der Waals surface area contributed by atoms with Crippen molar-refractivity contribution in [3.05, 3.63) is 64.9 Å². The van der Waals surface area contributed by atoms with Crippen LogP contribution < -0.4 is 10.0 Å². The lowest BCUT2D eigenvalue weighted by atomic mass is 9.98. The van der Waals surface area contributed by atoms with Crippen LogP contribution in [0.4, 0.5) is 14.9 Å². The molecule has 0 fully saturated rings. The Balaban J connectivity index is 1.43. The number of nitrogens with zero attached hydrogens (tertiary/aromatic N) is 2. The average Bonchev–Trinajstić information content (AvgIpc) is 3.40. The first kappa shape index (κ1) is 21.6. The fourth-order valence-electron chi connectivity index (χ4n) is 4.51. The SMILES string of the molecule is CN1CCc2oc(S(=O)(=O)NC(=O)Nc3c(-c4ccnc(F)c4)ccc4c3CCC4)cc2C1. The summed E-state index contributed by atoms with van der Waals surface area (Å²) in [6.45, 7) is 1.36. The minimum Gasteiger partial charge on any atom is -0.447 e. The summed E-state index contributed by atoms with van der Waals surface area (Å²) < 4.78 is 47.0. The highest BCUT2D eigenvalue weighted by Crippen LogP contribution is 2.37. The highest BCUT2D eigenvalue weighted by Gasteiger charge is 2.28. The molecule has 1 aliphatic heterocycles. The zero-order valence-corrected chi connectivity index (χ0v) is 18.8. The summed E-state index contributed by atoms with van der Waals surface area (Å²) in [4.78, 5) is 18.5. The van der Waals surface area contributed by atoms with Gasteiger partial charge in [-0.1, -0.05) is 12.1 Å². The van der Waals surface area contributed by atoms with E-state index in [1.807, 2.05) is 13.1 Å². The number of pyridine rings is 1. The number of carbonyl (C=O) groups excluding carboxylic acids is 1. The van der Waals surface area contributed by atoms with Gasteiger partial charge < -0.3 is 14.6 Å². The van der Waals surface area contributed by atoms with Crippen LogP contribution in [0.2, 0.25) is 0 Å². The number of urea groups is 1. The number of rotatable bonds is 4. The van der Waals surface area contributed by atoms with Gasteiger partial charge in [-0.2, -0.15) is 12.8 Å². The van der Waals surface area contributed by atoms with E-state index < -0.39 is 22.0 Å². The minimum absolute atomic E-state index is 0.285. The van der Waals surface area contributed by atoms with Crippen molar-refractivity contribution >= 4 is 21.7 Å². The number of carbonyl (C=O) groups is 1. The fraction of sp³-hybridized carbons (Fsp3) is 0.304. The second kappa shape index (κ2) is 8.27. The molecule has 0 unspecified atom stereocenters. The number of nitrogens with one attached hydrogen (secondary N) is 2. The van der Waals surface area contributed by atoms with Gasteiger partial charge in [-0.15, -0.1) is 0 Å². The van der Waals surface area contributed by atoms with Gasteiger partial charge >= 0.3 is 6.03 Å². The zero-order chi connectivity index (χ0) is 23.2. The Morgan fingerprint density at radius 1 is 1.15 bits per heavy atom. The second-order valence-corrected chi connectivity index (χ2v) is 10.0. The Labute approximate surface area is 190 Å². The molecule has 2 aliphatic rings. The first-order chi connectivity index (χ1) is 15.8. The standard InChI is InChI=1S/C23H23FN4O4S/c1-28-10-8-19-16(13-28)12-21(32-19)33(30,31)27-23(29)26-22-17-4-2-3-14(17)5-6-18(22)15-7-9-25-20(24)11-15/h5-7,9,11-12H,2-4,8,10,13H2,1H3,(H2,26,27,29). The van der Waals surface area contributed by atoms with Crippen LogP contribution in [0.1, 0.15) is 28.9 Å². The predicted molar refractivity (Wildman–Crippen MR) is 120 cm³/mol. The number of aromatic nitrogens is 1. The number of likely N-dealkylation sites (N-methyl/N-ethyl adjacent to an activating group) is 1.